The summed E-state index contributed by atoms with van der Waals surface area (Å²) in [6, 6.07) is -2.02. The van der Waals surface area contributed by atoms with Crippen LogP contribution in [0.5, 0.6) is 0 Å². The molecule has 3 amide bonds. The van der Waals surface area contributed by atoms with Gasteiger partial charge in [-0.1, -0.05) is 59.8 Å². The molecule has 0 aromatic heterocycles. The number of carbonyl (C=O) groups is 4. The van der Waals surface area contributed by atoms with Gasteiger partial charge in [0.1, 0.15) is 12.1 Å². The number of nitrogens with zero attached hydrogens (tertiary/aromatic N) is 1. The Kier molecular flexibility index (Phi) is 10.5. The average Bonchev–Trinajstić information content (AvgIpc) is 3.33. The first kappa shape index (κ1) is 36.4. The molecule has 4 aliphatic rings. The monoisotopic (exact) mass is 659 g/mol. The van der Waals surface area contributed by atoms with E-state index in [2.05, 4.69) is 37.3 Å². The number of piperidine rings is 1. The molecule has 3 unspecified atom stereocenters. The van der Waals surface area contributed by atoms with Crippen molar-refractivity contribution in [2.24, 2.45) is 34.0 Å². The second-order valence-electron chi connectivity index (χ2n) is 16.6. The average molecular weight is 660 g/mol. The van der Waals surface area contributed by atoms with Gasteiger partial charge in [0.15, 0.2) is 9.84 Å². The Morgan fingerprint density at radius 1 is 0.978 bits per heavy atom. The first-order chi connectivity index (χ1) is 21.4. The zero-order valence-electron chi connectivity index (χ0n) is 29.2. The number of sulfone groups is 1. The van der Waals surface area contributed by atoms with Gasteiger partial charge in [0, 0.05) is 19.5 Å². The second-order valence-corrected chi connectivity index (χ2v) is 19.3. The highest BCUT2D eigenvalue weighted by atomic mass is 32.2. The number of amides is 3. The number of rotatable bonds is 12. The molecule has 4 rings (SSSR count). The largest absolute Gasteiger partial charge is 0.349 e. The van der Waals surface area contributed by atoms with E-state index in [1.54, 1.807) is 25.7 Å². The predicted molar refractivity (Wildman–Crippen MR) is 179 cm³/mol. The molecule has 3 saturated carbocycles. The Balaban J connectivity index is 1.72. The number of terminal acetylenes is 1. The fourth-order valence-electron chi connectivity index (χ4n) is 9.18. The number of nitrogens with one attached hydrogen (secondary N) is 2. The van der Waals surface area contributed by atoms with Gasteiger partial charge in [-0.2, -0.15) is 0 Å². The van der Waals surface area contributed by atoms with Crippen LogP contribution in [0.25, 0.3) is 0 Å². The fourth-order valence-corrected chi connectivity index (χ4v) is 10.8. The summed E-state index contributed by atoms with van der Waals surface area (Å²) in [5, 5.41) is 5.35. The first-order valence-corrected chi connectivity index (χ1v) is 19.1. The highest BCUT2D eigenvalue weighted by Crippen LogP contribution is 2.66. The predicted octanol–water partition coefficient (Wildman–Crippen LogP) is 4.43. The van der Waals surface area contributed by atoms with Crippen molar-refractivity contribution in [2.45, 2.75) is 136 Å². The molecule has 46 heavy (non-hydrogen) atoms. The molecule has 3 aliphatic carbocycles. The Bertz CT molecular complexity index is 1340. The summed E-state index contributed by atoms with van der Waals surface area (Å²) in [6.45, 7) is 14.2. The van der Waals surface area contributed by atoms with Gasteiger partial charge in [0.25, 0.3) is 5.91 Å². The van der Waals surface area contributed by atoms with Crippen molar-refractivity contribution in [1.29, 1.82) is 0 Å². The maximum Gasteiger partial charge on any atom is 0.289 e. The molecule has 0 aromatic carbocycles. The van der Waals surface area contributed by atoms with E-state index < -0.39 is 55.6 Å². The molecular weight excluding hydrogens is 602 g/mol. The van der Waals surface area contributed by atoms with E-state index in [1.165, 1.54) is 0 Å². The van der Waals surface area contributed by atoms with Crippen LogP contribution < -0.4 is 10.6 Å². The van der Waals surface area contributed by atoms with Gasteiger partial charge < -0.3 is 15.5 Å². The van der Waals surface area contributed by atoms with E-state index in [9.17, 15) is 22.8 Å². The van der Waals surface area contributed by atoms with E-state index in [4.69, 9.17) is 6.42 Å². The van der Waals surface area contributed by atoms with Gasteiger partial charge in [-0.25, -0.2) is 8.42 Å². The third-order valence-corrected chi connectivity index (χ3v) is 14.9. The summed E-state index contributed by atoms with van der Waals surface area (Å²) in [4.78, 5) is 56.7. The van der Waals surface area contributed by atoms with Crippen LogP contribution in [0.4, 0.5) is 0 Å². The molecule has 5 atom stereocenters. The summed E-state index contributed by atoms with van der Waals surface area (Å²) in [6.07, 6.45) is 13.8. The molecule has 10 heteroatoms. The normalized spacial score (nSPS) is 27.5. The van der Waals surface area contributed by atoms with Gasteiger partial charge in [-0.05, 0) is 81.0 Å². The van der Waals surface area contributed by atoms with Gasteiger partial charge in [-0.15, -0.1) is 12.3 Å². The highest BCUT2D eigenvalue weighted by Gasteiger charge is 2.70. The second kappa shape index (κ2) is 13.2. The van der Waals surface area contributed by atoms with E-state index in [1.807, 2.05) is 6.92 Å². The number of hydrogen-bond acceptors (Lipinski definition) is 6. The molecule has 9 nitrogen and oxygen atoms in total. The van der Waals surface area contributed by atoms with Gasteiger partial charge in [0.05, 0.1) is 16.4 Å². The van der Waals surface area contributed by atoms with E-state index in [0.717, 1.165) is 44.9 Å². The van der Waals surface area contributed by atoms with Gasteiger partial charge >= 0.3 is 0 Å². The molecule has 1 heterocycles. The molecule has 4 fully saturated rings. The standard InChI is InChI=1S/C36H57N3O6S/c1-9-16-25(28(40)31(42)37-21-10-2)38-30(41)27-26-24(34(26,6)7)22-39(27)32(43)29(35(8)17-14-15-18-35)36(19-12-11-13-20-36)23-46(44,45)33(3,4)5/h1,24-27,29H,10-23H2,2-8H3,(H,37,42)(H,38,41)/t24?,25?,26-,27-,29?/m0/s1. The van der Waals surface area contributed by atoms with E-state index in [-0.39, 0.29) is 40.7 Å². The van der Waals surface area contributed by atoms with Crippen LogP contribution >= 0.6 is 0 Å². The molecule has 2 N–H and O–H groups in total. The van der Waals surface area contributed by atoms with Crippen molar-refractivity contribution < 1.29 is 27.6 Å². The summed E-state index contributed by atoms with van der Waals surface area (Å²) >= 11 is 0. The van der Waals surface area contributed by atoms with Crippen LogP contribution in [0.2, 0.25) is 0 Å². The van der Waals surface area contributed by atoms with Crippen LogP contribution in [0.15, 0.2) is 0 Å². The Morgan fingerprint density at radius 3 is 2.11 bits per heavy atom. The zero-order chi connectivity index (χ0) is 34.3. The van der Waals surface area contributed by atoms with Crippen LogP contribution in [0.1, 0.15) is 119 Å². The number of hydrogen-bond donors (Lipinski definition) is 2. The summed E-state index contributed by atoms with van der Waals surface area (Å²) in [5.74, 6) is -0.350. The Morgan fingerprint density at radius 2 is 1.57 bits per heavy atom. The molecule has 1 aliphatic heterocycles. The van der Waals surface area contributed by atoms with Crippen molar-refractivity contribution in [3.63, 3.8) is 0 Å². The molecular formula is C36H57N3O6S. The van der Waals surface area contributed by atoms with Crippen molar-refractivity contribution >= 4 is 33.3 Å². The minimum atomic E-state index is -3.56. The molecule has 0 aromatic rings. The lowest BCUT2D eigenvalue weighted by Gasteiger charge is -2.51. The van der Waals surface area contributed by atoms with Crippen LogP contribution in [0.3, 0.4) is 0 Å². The maximum atomic E-state index is 15.2. The minimum Gasteiger partial charge on any atom is -0.349 e. The van der Waals surface area contributed by atoms with Crippen molar-refractivity contribution in [2.75, 3.05) is 18.8 Å². The topological polar surface area (TPSA) is 130 Å². The van der Waals surface area contributed by atoms with Gasteiger partial charge in [-0.3, -0.25) is 19.2 Å². The number of Topliss-reactive ketones (excluding diaryl/α,β-unsaturated/α-hetero) is 1. The lowest BCUT2D eigenvalue weighted by molar-refractivity contribution is -0.154. The number of ketones is 1. The summed E-state index contributed by atoms with van der Waals surface area (Å²) in [7, 11) is -3.56. The Labute approximate surface area is 277 Å². The summed E-state index contributed by atoms with van der Waals surface area (Å²) < 4.78 is 26.9. The fraction of sp³-hybridized carbons (Fsp3) is 0.833. The molecule has 0 spiro atoms. The van der Waals surface area contributed by atoms with Crippen LogP contribution in [-0.2, 0) is 29.0 Å². The first-order valence-electron chi connectivity index (χ1n) is 17.5. The minimum absolute atomic E-state index is 0.0375. The quantitative estimate of drug-likeness (QED) is 0.236. The smallest absolute Gasteiger partial charge is 0.289 e. The van der Waals surface area contributed by atoms with Crippen molar-refractivity contribution in [3.8, 4) is 12.3 Å². The lowest BCUT2D eigenvalue weighted by Crippen LogP contribution is -2.60. The van der Waals surface area contributed by atoms with Crippen molar-refractivity contribution in [1.82, 2.24) is 15.5 Å². The van der Waals surface area contributed by atoms with Crippen molar-refractivity contribution in [3.05, 3.63) is 0 Å². The number of fused-ring (bicyclic) bond motifs is 1. The highest BCUT2D eigenvalue weighted by molar-refractivity contribution is 7.92. The third-order valence-electron chi connectivity index (χ3n) is 12.0. The molecule has 0 radical (unpaired) electrons. The van der Waals surface area contributed by atoms with Gasteiger partial charge in [0.2, 0.25) is 17.6 Å². The van der Waals surface area contributed by atoms with E-state index >= 15 is 4.79 Å². The van der Waals surface area contributed by atoms with Crippen LogP contribution in [0, 0.1) is 46.3 Å². The maximum absolute atomic E-state index is 15.2. The Hall–Kier alpha value is -2.41. The number of likely N-dealkylation sites (tertiary alicyclic amines) is 1. The molecule has 258 valence electrons. The third kappa shape index (κ3) is 6.77. The lowest BCUT2D eigenvalue weighted by atomic mass is 9.57. The summed E-state index contributed by atoms with van der Waals surface area (Å²) in [5.41, 5.74) is -1.28. The SMILES string of the molecule is C#CCC(NC(=O)[C@@H]1[C@@H]2C(CN1C(=O)C(C1(C)CCCC1)C1(CS(=O)(=O)C(C)(C)C)CCCCC1)C2(C)C)C(=O)C(=O)NCCC. The van der Waals surface area contributed by atoms with E-state index in [0.29, 0.717) is 32.4 Å². The zero-order valence-corrected chi connectivity index (χ0v) is 30.0. The van der Waals surface area contributed by atoms with Crippen LogP contribution in [-0.4, -0.2) is 72.5 Å². The number of carbonyl (C=O) groups excluding carboxylic acids is 4. The molecule has 1 saturated heterocycles. The molecule has 0 bridgehead atoms.